The van der Waals surface area contributed by atoms with Crippen LogP contribution in [0.4, 0.5) is 0 Å². The van der Waals surface area contributed by atoms with E-state index in [0.29, 0.717) is 6.54 Å². The summed E-state index contributed by atoms with van der Waals surface area (Å²) in [4.78, 5) is 2.25. The van der Waals surface area contributed by atoms with Crippen LogP contribution in [-0.4, -0.2) is 39.4 Å². The molecular formula is C21H29N3O2. The van der Waals surface area contributed by atoms with E-state index in [4.69, 9.17) is 4.52 Å². The average molecular weight is 355 g/mol. The molecule has 1 atom stereocenters. The van der Waals surface area contributed by atoms with Crippen LogP contribution in [0.1, 0.15) is 43.9 Å². The Balaban J connectivity index is 2.25. The number of fused-ring (bicyclic) bond motifs is 1. The van der Waals surface area contributed by atoms with E-state index >= 15 is 0 Å². The van der Waals surface area contributed by atoms with Crippen molar-refractivity contribution in [3.63, 3.8) is 0 Å². The third-order valence-corrected chi connectivity index (χ3v) is 5.31. The quantitative estimate of drug-likeness (QED) is 0.694. The number of hydrogen-bond donors (Lipinski definition) is 1. The van der Waals surface area contributed by atoms with Crippen LogP contribution in [0.2, 0.25) is 0 Å². The highest BCUT2D eigenvalue weighted by Crippen LogP contribution is 2.40. The van der Waals surface area contributed by atoms with Crippen molar-refractivity contribution in [2.75, 3.05) is 19.6 Å². The molecule has 1 N–H and O–H groups in total. The number of para-hydroxylation sites is 1. The van der Waals surface area contributed by atoms with Crippen LogP contribution in [0.3, 0.4) is 0 Å². The van der Waals surface area contributed by atoms with Crippen molar-refractivity contribution in [1.82, 2.24) is 14.6 Å². The Morgan fingerprint density at radius 3 is 2.54 bits per heavy atom. The van der Waals surface area contributed by atoms with Crippen molar-refractivity contribution in [2.45, 2.75) is 40.2 Å². The zero-order valence-electron chi connectivity index (χ0n) is 16.4. The maximum Gasteiger partial charge on any atom is 0.143 e. The van der Waals surface area contributed by atoms with Gasteiger partial charge in [-0.25, -0.2) is 0 Å². The van der Waals surface area contributed by atoms with Crippen molar-refractivity contribution >= 4 is 10.9 Å². The van der Waals surface area contributed by atoms with Crippen molar-refractivity contribution in [3.8, 4) is 11.3 Å². The van der Waals surface area contributed by atoms with Gasteiger partial charge < -0.3 is 19.1 Å². The molecule has 26 heavy (non-hydrogen) atoms. The molecule has 0 aliphatic carbocycles. The summed E-state index contributed by atoms with van der Waals surface area (Å²) in [7, 11) is 2.05. The lowest BCUT2D eigenvalue weighted by molar-refractivity contribution is 0.120. The van der Waals surface area contributed by atoms with Gasteiger partial charge in [0.25, 0.3) is 0 Å². The van der Waals surface area contributed by atoms with E-state index in [0.717, 1.165) is 58.7 Å². The number of aryl methyl sites for hydroxylation is 3. The van der Waals surface area contributed by atoms with Crippen molar-refractivity contribution in [1.29, 1.82) is 0 Å². The lowest BCUT2D eigenvalue weighted by Crippen LogP contribution is -2.28. The Bertz CT molecular complexity index is 890. The van der Waals surface area contributed by atoms with Gasteiger partial charge in [-0.1, -0.05) is 44.1 Å². The summed E-state index contributed by atoms with van der Waals surface area (Å²) in [6, 6.07) is 8.25. The first-order valence-corrected chi connectivity index (χ1v) is 9.46. The van der Waals surface area contributed by atoms with Crippen LogP contribution in [-0.2, 0) is 13.5 Å². The van der Waals surface area contributed by atoms with E-state index < -0.39 is 6.10 Å². The number of benzene rings is 1. The van der Waals surface area contributed by atoms with E-state index in [1.165, 1.54) is 0 Å². The molecule has 1 aromatic carbocycles. The first-order valence-electron chi connectivity index (χ1n) is 9.46. The normalized spacial score (nSPS) is 13.0. The molecule has 3 aromatic rings. The molecule has 0 fully saturated rings. The molecule has 5 heteroatoms. The first-order chi connectivity index (χ1) is 12.5. The number of aromatic nitrogens is 2. The molecule has 0 spiro atoms. The first kappa shape index (κ1) is 18.7. The molecule has 140 valence electrons. The number of rotatable bonds is 7. The van der Waals surface area contributed by atoms with Gasteiger partial charge in [0.2, 0.25) is 0 Å². The van der Waals surface area contributed by atoms with Gasteiger partial charge in [0.15, 0.2) is 0 Å². The van der Waals surface area contributed by atoms with Gasteiger partial charge in [-0.05, 0) is 32.5 Å². The highest BCUT2D eigenvalue weighted by molar-refractivity contribution is 5.93. The molecule has 0 aliphatic rings. The number of aliphatic hydroxyl groups is 1. The molecule has 0 aliphatic heterocycles. The Morgan fingerprint density at radius 2 is 1.88 bits per heavy atom. The molecule has 1 unspecified atom stereocenters. The minimum atomic E-state index is -0.574. The predicted octanol–water partition coefficient (Wildman–Crippen LogP) is 4.08. The molecule has 0 amide bonds. The van der Waals surface area contributed by atoms with Gasteiger partial charge in [-0.15, -0.1) is 0 Å². The van der Waals surface area contributed by atoms with Gasteiger partial charge in [0.05, 0.1) is 23.1 Å². The summed E-state index contributed by atoms with van der Waals surface area (Å²) in [5.41, 5.74) is 5.04. The molecular weight excluding hydrogens is 326 g/mol. The van der Waals surface area contributed by atoms with Gasteiger partial charge in [-0.2, -0.15) is 0 Å². The fourth-order valence-corrected chi connectivity index (χ4v) is 3.84. The lowest BCUT2D eigenvalue weighted by Gasteiger charge is -2.23. The standard InChI is InChI=1S/C21H29N3O2/c1-6-16-19(14(4)26-22-16)21-20(18(25)13-24(7-2)8-3)15-11-9-10-12-17(15)23(21)5/h9-12,18,25H,6-8,13H2,1-5H3. The Morgan fingerprint density at radius 1 is 1.19 bits per heavy atom. The Labute approximate surface area is 155 Å². The average Bonchev–Trinajstić information content (AvgIpc) is 3.16. The van der Waals surface area contributed by atoms with Crippen molar-refractivity contribution < 1.29 is 9.63 Å². The van der Waals surface area contributed by atoms with E-state index in [1.54, 1.807) is 0 Å². The largest absolute Gasteiger partial charge is 0.387 e. The van der Waals surface area contributed by atoms with E-state index in [-0.39, 0.29) is 0 Å². The van der Waals surface area contributed by atoms with Crippen LogP contribution in [0.25, 0.3) is 22.2 Å². The van der Waals surface area contributed by atoms with Crippen LogP contribution < -0.4 is 0 Å². The maximum atomic E-state index is 11.2. The summed E-state index contributed by atoms with van der Waals surface area (Å²) in [6.07, 6.45) is 0.217. The van der Waals surface area contributed by atoms with E-state index in [2.05, 4.69) is 54.6 Å². The smallest absolute Gasteiger partial charge is 0.143 e. The van der Waals surface area contributed by atoms with E-state index in [9.17, 15) is 5.11 Å². The van der Waals surface area contributed by atoms with Crippen LogP contribution in [0.5, 0.6) is 0 Å². The zero-order valence-corrected chi connectivity index (χ0v) is 16.4. The molecule has 0 saturated carbocycles. The van der Waals surface area contributed by atoms with Gasteiger partial charge in [-0.3, -0.25) is 0 Å². The summed E-state index contributed by atoms with van der Waals surface area (Å²) in [5.74, 6) is 0.795. The molecule has 0 bridgehead atoms. The maximum absolute atomic E-state index is 11.2. The third-order valence-electron chi connectivity index (χ3n) is 5.31. The summed E-state index contributed by atoms with van der Waals surface area (Å²) < 4.78 is 7.66. The minimum Gasteiger partial charge on any atom is -0.387 e. The number of aliphatic hydroxyl groups excluding tert-OH is 1. The summed E-state index contributed by atoms with van der Waals surface area (Å²) in [6.45, 7) is 10.7. The highest BCUT2D eigenvalue weighted by Gasteiger charge is 2.27. The number of nitrogens with zero attached hydrogens (tertiary/aromatic N) is 3. The molecule has 3 rings (SSSR count). The summed E-state index contributed by atoms with van der Waals surface area (Å²) >= 11 is 0. The Kier molecular flexibility index (Phi) is 5.49. The zero-order chi connectivity index (χ0) is 18.8. The topological polar surface area (TPSA) is 54.4 Å². The van der Waals surface area contributed by atoms with Crippen LogP contribution in [0.15, 0.2) is 28.8 Å². The predicted molar refractivity (Wildman–Crippen MR) is 105 cm³/mol. The van der Waals surface area contributed by atoms with Crippen LogP contribution >= 0.6 is 0 Å². The molecule has 2 heterocycles. The number of hydrogen-bond acceptors (Lipinski definition) is 4. The lowest BCUT2D eigenvalue weighted by atomic mass is 9.98. The monoisotopic (exact) mass is 355 g/mol. The molecule has 2 aromatic heterocycles. The highest BCUT2D eigenvalue weighted by atomic mass is 16.5. The molecule has 5 nitrogen and oxygen atoms in total. The second-order valence-electron chi connectivity index (χ2n) is 6.75. The van der Waals surface area contributed by atoms with Crippen LogP contribution in [0, 0.1) is 6.92 Å². The van der Waals surface area contributed by atoms with Gasteiger partial charge in [0.1, 0.15) is 5.76 Å². The van der Waals surface area contributed by atoms with Crippen molar-refractivity contribution in [3.05, 3.63) is 41.3 Å². The molecule has 0 saturated heterocycles. The molecule has 0 radical (unpaired) electrons. The second-order valence-corrected chi connectivity index (χ2v) is 6.75. The fraction of sp³-hybridized carbons (Fsp3) is 0.476. The number of likely N-dealkylation sites (N-methyl/N-ethyl adjacent to an activating group) is 1. The fourth-order valence-electron chi connectivity index (χ4n) is 3.84. The third kappa shape index (κ3) is 3.06. The van der Waals surface area contributed by atoms with Gasteiger partial charge >= 0.3 is 0 Å². The summed E-state index contributed by atoms with van der Waals surface area (Å²) in [5, 5.41) is 16.5. The van der Waals surface area contributed by atoms with Gasteiger partial charge in [0, 0.05) is 30.1 Å². The van der Waals surface area contributed by atoms with E-state index in [1.807, 2.05) is 19.1 Å². The second kappa shape index (κ2) is 7.64. The SMILES string of the molecule is CCc1noc(C)c1-c1c(C(O)CN(CC)CC)c2ccccc2n1C. The minimum absolute atomic E-state index is 0.574. The Hall–Kier alpha value is -2.11. The van der Waals surface area contributed by atoms with Crippen molar-refractivity contribution in [2.24, 2.45) is 7.05 Å².